The standard InChI is InChI=1S/C15H13BrN2O2/c1-8-3-4-9(2)11(5-8)13-15(19)18-14-12(20-13)6-10(16)7-17-14/h3-7,13H,1-2H3,(H,17,18,19). The third-order valence-electron chi connectivity index (χ3n) is 3.26. The summed E-state index contributed by atoms with van der Waals surface area (Å²) in [5.74, 6) is 0.839. The van der Waals surface area contributed by atoms with Gasteiger partial charge in [0, 0.05) is 16.2 Å². The van der Waals surface area contributed by atoms with Crippen LogP contribution < -0.4 is 10.1 Å². The number of nitrogens with zero attached hydrogens (tertiary/aromatic N) is 1. The number of carbonyl (C=O) groups excluding carboxylic acids is 1. The first-order chi connectivity index (χ1) is 9.54. The van der Waals surface area contributed by atoms with Gasteiger partial charge in [0.1, 0.15) is 0 Å². The van der Waals surface area contributed by atoms with E-state index in [0.717, 1.165) is 21.2 Å². The average molecular weight is 333 g/mol. The van der Waals surface area contributed by atoms with Gasteiger partial charge in [-0.25, -0.2) is 4.98 Å². The first-order valence-corrected chi connectivity index (χ1v) is 7.04. The van der Waals surface area contributed by atoms with Gasteiger partial charge >= 0.3 is 0 Å². The molecule has 102 valence electrons. The molecular weight excluding hydrogens is 320 g/mol. The molecule has 1 aliphatic heterocycles. The van der Waals surface area contributed by atoms with E-state index in [2.05, 4.69) is 26.2 Å². The first kappa shape index (κ1) is 13.1. The normalized spacial score (nSPS) is 17.1. The van der Waals surface area contributed by atoms with Gasteiger partial charge < -0.3 is 10.1 Å². The van der Waals surface area contributed by atoms with Gasteiger partial charge in [0.25, 0.3) is 5.91 Å². The van der Waals surface area contributed by atoms with Gasteiger partial charge in [0.15, 0.2) is 11.6 Å². The van der Waals surface area contributed by atoms with E-state index in [9.17, 15) is 4.79 Å². The number of ether oxygens (including phenoxy) is 1. The number of amides is 1. The highest BCUT2D eigenvalue weighted by Gasteiger charge is 2.31. The molecule has 0 saturated heterocycles. The zero-order valence-corrected chi connectivity index (χ0v) is 12.7. The SMILES string of the molecule is Cc1ccc(C)c(C2Oc3cc(Br)cnc3NC2=O)c1. The Kier molecular flexibility index (Phi) is 3.22. The summed E-state index contributed by atoms with van der Waals surface area (Å²) < 4.78 is 6.65. The van der Waals surface area contributed by atoms with E-state index in [1.54, 1.807) is 12.3 Å². The fourth-order valence-electron chi connectivity index (χ4n) is 2.21. The minimum atomic E-state index is -0.640. The molecule has 0 spiro atoms. The molecule has 4 nitrogen and oxygen atoms in total. The lowest BCUT2D eigenvalue weighted by Gasteiger charge is -2.26. The lowest BCUT2D eigenvalue weighted by molar-refractivity contribution is -0.123. The van der Waals surface area contributed by atoms with Crippen LogP contribution in [-0.2, 0) is 4.79 Å². The molecule has 1 N–H and O–H groups in total. The molecule has 20 heavy (non-hydrogen) atoms. The molecule has 1 unspecified atom stereocenters. The molecule has 1 atom stereocenters. The molecule has 1 aromatic carbocycles. The molecule has 0 fully saturated rings. The lowest BCUT2D eigenvalue weighted by atomic mass is 9.99. The fourth-order valence-corrected chi connectivity index (χ4v) is 2.52. The molecule has 2 aromatic rings. The van der Waals surface area contributed by atoms with Crippen LogP contribution >= 0.6 is 15.9 Å². The molecule has 5 heteroatoms. The van der Waals surface area contributed by atoms with Crippen molar-refractivity contribution in [1.82, 2.24) is 4.98 Å². The van der Waals surface area contributed by atoms with Gasteiger partial charge in [-0.15, -0.1) is 0 Å². The van der Waals surface area contributed by atoms with E-state index in [4.69, 9.17) is 4.74 Å². The van der Waals surface area contributed by atoms with Crippen LogP contribution in [0.4, 0.5) is 5.82 Å². The molecule has 1 aliphatic rings. The van der Waals surface area contributed by atoms with Crippen molar-refractivity contribution in [1.29, 1.82) is 0 Å². The average Bonchev–Trinajstić information content (AvgIpc) is 2.41. The van der Waals surface area contributed by atoms with Crippen LogP contribution in [0.2, 0.25) is 0 Å². The van der Waals surface area contributed by atoms with E-state index < -0.39 is 6.10 Å². The predicted octanol–water partition coefficient (Wildman–Crippen LogP) is 3.53. The Hall–Kier alpha value is -1.88. The Morgan fingerprint density at radius 2 is 2.10 bits per heavy atom. The van der Waals surface area contributed by atoms with Crippen molar-refractivity contribution < 1.29 is 9.53 Å². The number of aromatic nitrogens is 1. The highest BCUT2D eigenvalue weighted by molar-refractivity contribution is 9.10. The lowest BCUT2D eigenvalue weighted by Crippen LogP contribution is -2.31. The van der Waals surface area contributed by atoms with Crippen LogP contribution in [0.3, 0.4) is 0 Å². The number of fused-ring (bicyclic) bond motifs is 1. The summed E-state index contributed by atoms with van der Waals surface area (Å²) in [7, 11) is 0. The summed E-state index contributed by atoms with van der Waals surface area (Å²) in [4.78, 5) is 16.4. The smallest absolute Gasteiger partial charge is 0.271 e. The van der Waals surface area contributed by atoms with Crippen molar-refractivity contribution in [3.63, 3.8) is 0 Å². The second-order valence-corrected chi connectivity index (χ2v) is 5.76. The van der Waals surface area contributed by atoms with Gasteiger partial charge in [-0.2, -0.15) is 0 Å². The molecule has 1 amide bonds. The number of pyridine rings is 1. The maximum Gasteiger partial charge on any atom is 0.271 e. The molecule has 0 aliphatic carbocycles. The second kappa shape index (κ2) is 4.90. The Balaban J connectivity index is 2.03. The summed E-state index contributed by atoms with van der Waals surface area (Å²) in [5.41, 5.74) is 3.01. The van der Waals surface area contributed by atoms with Crippen LogP contribution in [0.1, 0.15) is 22.8 Å². The number of aryl methyl sites for hydroxylation is 2. The zero-order valence-electron chi connectivity index (χ0n) is 11.1. The number of hydrogen-bond acceptors (Lipinski definition) is 3. The van der Waals surface area contributed by atoms with E-state index in [0.29, 0.717) is 11.6 Å². The Labute approximate surface area is 125 Å². The van der Waals surface area contributed by atoms with Crippen LogP contribution in [-0.4, -0.2) is 10.9 Å². The summed E-state index contributed by atoms with van der Waals surface area (Å²) in [6.45, 7) is 3.97. The summed E-state index contributed by atoms with van der Waals surface area (Å²) >= 11 is 3.35. The summed E-state index contributed by atoms with van der Waals surface area (Å²) in [6.07, 6.45) is 0.985. The zero-order chi connectivity index (χ0) is 14.3. The van der Waals surface area contributed by atoms with Crippen molar-refractivity contribution >= 4 is 27.7 Å². The number of nitrogens with one attached hydrogen (secondary N) is 1. The van der Waals surface area contributed by atoms with Gasteiger partial charge in [-0.1, -0.05) is 23.8 Å². The van der Waals surface area contributed by atoms with E-state index in [-0.39, 0.29) is 5.91 Å². The number of benzene rings is 1. The molecular formula is C15H13BrN2O2. The molecule has 3 rings (SSSR count). The van der Waals surface area contributed by atoms with Gasteiger partial charge in [0.2, 0.25) is 6.10 Å². The van der Waals surface area contributed by atoms with Crippen LogP contribution in [0, 0.1) is 13.8 Å². The summed E-state index contributed by atoms with van der Waals surface area (Å²) in [5, 5.41) is 2.79. The van der Waals surface area contributed by atoms with Crippen molar-refractivity contribution in [2.24, 2.45) is 0 Å². The van der Waals surface area contributed by atoms with Crippen LogP contribution in [0.5, 0.6) is 5.75 Å². The number of hydrogen-bond donors (Lipinski definition) is 1. The number of anilines is 1. The monoisotopic (exact) mass is 332 g/mol. The van der Waals surface area contributed by atoms with E-state index in [1.165, 1.54) is 0 Å². The van der Waals surface area contributed by atoms with Crippen molar-refractivity contribution in [2.75, 3.05) is 5.32 Å². The second-order valence-electron chi connectivity index (χ2n) is 4.85. The third-order valence-corrected chi connectivity index (χ3v) is 3.69. The van der Waals surface area contributed by atoms with Gasteiger partial charge in [-0.05, 0) is 41.4 Å². The van der Waals surface area contributed by atoms with Crippen LogP contribution in [0.25, 0.3) is 0 Å². The molecule has 0 bridgehead atoms. The molecule has 0 saturated carbocycles. The topological polar surface area (TPSA) is 51.2 Å². The van der Waals surface area contributed by atoms with Crippen molar-refractivity contribution in [3.8, 4) is 5.75 Å². The number of carbonyl (C=O) groups is 1. The largest absolute Gasteiger partial charge is 0.472 e. The Morgan fingerprint density at radius 1 is 1.30 bits per heavy atom. The maximum atomic E-state index is 12.2. The molecule has 0 radical (unpaired) electrons. The predicted molar refractivity (Wildman–Crippen MR) is 79.9 cm³/mol. The Bertz CT molecular complexity index is 700. The Morgan fingerprint density at radius 3 is 2.90 bits per heavy atom. The van der Waals surface area contributed by atoms with E-state index >= 15 is 0 Å². The van der Waals surface area contributed by atoms with Crippen molar-refractivity contribution in [3.05, 3.63) is 51.6 Å². The minimum absolute atomic E-state index is 0.193. The first-order valence-electron chi connectivity index (χ1n) is 6.25. The third kappa shape index (κ3) is 2.29. The minimum Gasteiger partial charge on any atom is -0.472 e. The summed E-state index contributed by atoms with van der Waals surface area (Å²) in [6, 6.07) is 7.80. The van der Waals surface area contributed by atoms with E-state index in [1.807, 2.05) is 32.0 Å². The molecule has 2 heterocycles. The number of rotatable bonds is 1. The molecule has 1 aromatic heterocycles. The van der Waals surface area contributed by atoms with Gasteiger partial charge in [0.05, 0.1) is 0 Å². The van der Waals surface area contributed by atoms with Crippen LogP contribution in [0.15, 0.2) is 34.9 Å². The number of halogens is 1. The highest BCUT2D eigenvalue weighted by atomic mass is 79.9. The van der Waals surface area contributed by atoms with Gasteiger partial charge in [-0.3, -0.25) is 4.79 Å². The highest BCUT2D eigenvalue weighted by Crippen LogP contribution is 2.36. The van der Waals surface area contributed by atoms with Crippen molar-refractivity contribution in [2.45, 2.75) is 20.0 Å². The fraction of sp³-hybridized carbons (Fsp3) is 0.200. The quantitative estimate of drug-likeness (QED) is 0.869. The maximum absolute atomic E-state index is 12.2.